The first-order valence-electron chi connectivity index (χ1n) is 12.1. The molecule has 186 valence electrons. The minimum absolute atomic E-state index is 0.0820. The second-order valence-electron chi connectivity index (χ2n) is 9.66. The monoisotopic (exact) mass is 487 g/mol. The molecule has 2 aromatic carbocycles. The zero-order valence-electron chi connectivity index (χ0n) is 20.7. The predicted molar refractivity (Wildman–Crippen MR) is 134 cm³/mol. The Morgan fingerprint density at radius 2 is 1.83 bits per heavy atom. The van der Waals surface area contributed by atoms with Crippen molar-refractivity contribution in [3.05, 3.63) is 86.6 Å². The number of H-pyrrole nitrogens is 1. The van der Waals surface area contributed by atoms with Crippen molar-refractivity contribution >= 4 is 11.7 Å². The van der Waals surface area contributed by atoms with Gasteiger partial charge < -0.3 is 19.4 Å². The van der Waals surface area contributed by atoms with E-state index in [1.54, 1.807) is 12.0 Å². The summed E-state index contributed by atoms with van der Waals surface area (Å²) in [5, 5.41) is 0. The molecule has 3 aromatic rings. The van der Waals surface area contributed by atoms with Crippen molar-refractivity contribution in [1.29, 1.82) is 0 Å². The van der Waals surface area contributed by atoms with E-state index in [0.29, 0.717) is 55.9 Å². The van der Waals surface area contributed by atoms with Gasteiger partial charge in [-0.25, -0.2) is 4.98 Å². The molecular weight excluding hydrogens is 458 g/mol. The molecule has 1 saturated heterocycles. The molecule has 2 aliphatic heterocycles. The molecule has 0 aliphatic carbocycles. The fraction of sp³-hybridized carbons (Fsp3) is 0.357. The Balaban J connectivity index is 1.30. The minimum Gasteiger partial charge on any atom is -0.497 e. The van der Waals surface area contributed by atoms with Gasteiger partial charge in [0.2, 0.25) is 0 Å². The number of Topliss-reactive ketones (excluding diaryl/α,β-unsaturated/α-hetero) is 1. The van der Waals surface area contributed by atoms with Crippen LogP contribution in [0, 0.1) is 13.8 Å². The average Bonchev–Trinajstić information content (AvgIpc) is 2.87. The fourth-order valence-corrected chi connectivity index (χ4v) is 4.98. The normalized spacial score (nSPS) is 16.4. The Hall–Kier alpha value is -3.94. The molecule has 0 radical (unpaired) electrons. The number of nitrogens with zero attached hydrogens (tertiary/aromatic N) is 2. The van der Waals surface area contributed by atoms with Gasteiger partial charge in [-0.15, -0.1) is 0 Å². The van der Waals surface area contributed by atoms with Crippen molar-refractivity contribution in [1.82, 2.24) is 14.9 Å². The van der Waals surface area contributed by atoms with E-state index in [4.69, 9.17) is 9.47 Å². The second kappa shape index (κ2) is 9.26. The number of aromatic nitrogens is 2. The van der Waals surface area contributed by atoms with Crippen molar-refractivity contribution < 1.29 is 19.1 Å². The number of hydrogen-bond acceptors (Lipinski definition) is 6. The number of ketones is 1. The van der Waals surface area contributed by atoms with Gasteiger partial charge in [0.1, 0.15) is 28.6 Å². The fourth-order valence-electron chi connectivity index (χ4n) is 4.98. The lowest BCUT2D eigenvalue weighted by molar-refractivity contribution is -0.00636. The molecule has 0 bridgehead atoms. The highest BCUT2D eigenvalue weighted by atomic mass is 16.5. The Morgan fingerprint density at radius 1 is 1.11 bits per heavy atom. The number of aromatic amines is 1. The highest BCUT2D eigenvalue weighted by Crippen LogP contribution is 2.41. The van der Waals surface area contributed by atoms with E-state index >= 15 is 0 Å². The Morgan fingerprint density at radius 3 is 2.53 bits per heavy atom. The van der Waals surface area contributed by atoms with Crippen LogP contribution < -0.4 is 15.0 Å². The third-order valence-electron chi connectivity index (χ3n) is 7.28. The zero-order chi connectivity index (χ0) is 25.4. The van der Waals surface area contributed by atoms with Crippen LogP contribution in [-0.2, 0) is 6.42 Å². The van der Waals surface area contributed by atoms with Gasteiger partial charge in [-0.05, 0) is 48.7 Å². The molecule has 2 aliphatic rings. The molecule has 8 heteroatoms. The number of aryl methyl sites for hydroxylation is 1. The van der Waals surface area contributed by atoms with E-state index in [1.807, 2.05) is 50.2 Å². The molecule has 1 N–H and O–H groups in total. The standard InChI is InChI=1S/C28H29N3O5/c1-17-4-9-21-23(32)16-28(36-26(21)18(17)2)10-12-31(13-11-28)27(34)22-15-25(33)30-24(29-22)14-19-5-7-20(35-3)8-6-19/h4-9,15H,10-14,16H2,1-3H3,(H,29,30,33). The highest BCUT2D eigenvalue weighted by Gasteiger charge is 2.44. The van der Waals surface area contributed by atoms with Crippen LogP contribution in [0.1, 0.15) is 62.6 Å². The summed E-state index contributed by atoms with van der Waals surface area (Å²) in [5.74, 6) is 1.63. The summed E-state index contributed by atoms with van der Waals surface area (Å²) in [6, 6.07) is 12.5. The number of methoxy groups -OCH3 is 1. The van der Waals surface area contributed by atoms with Gasteiger partial charge in [-0.2, -0.15) is 0 Å². The van der Waals surface area contributed by atoms with E-state index in [-0.39, 0.29) is 22.9 Å². The summed E-state index contributed by atoms with van der Waals surface area (Å²) in [4.78, 5) is 47.3. The molecular formula is C28H29N3O5. The molecule has 0 saturated carbocycles. The van der Waals surface area contributed by atoms with Crippen molar-refractivity contribution in [3.8, 4) is 11.5 Å². The second-order valence-corrected chi connectivity index (χ2v) is 9.66. The lowest BCUT2D eigenvalue weighted by Crippen LogP contribution is -2.52. The van der Waals surface area contributed by atoms with Crippen LogP contribution in [0.2, 0.25) is 0 Å². The van der Waals surface area contributed by atoms with Crippen molar-refractivity contribution in [2.75, 3.05) is 20.2 Å². The maximum Gasteiger partial charge on any atom is 0.272 e. The lowest BCUT2D eigenvalue weighted by Gasteiger charge is -2.44. The number of benzene rings is 2. The largest absolute Gasteiger partial charge is 0.497 e. The van der Waals surface area contributed by atoms with Gasteiger partial charge in [0.15, 0.2) is 5.78 Å². The number of ether oxygens (including phenoxy) is 2. The van der Waals surface area contributed by atoms with Gasteiger partial charge in [0.05, 0.1) is 19.1 Å². The van der Waals surface area contributed by atoms with E-state index in [9.17, 15) is 14.4 Å². The molecule has 36 heavy (non-hydrogen) atoms. The number of rotatable bonds is 4. The lowest BCUT2D eigenvalue weighted by atomic mass is 9.81. The van der Waals surface area contributed by atoms with Crippen LogP contribution in [0.15, 0.2) is 47.3 Å². The van der Waals surface area contributed by atoms with Gasteiger partial charge >= 0.3 is 0 Å². The van der Waals surface area contributed by atoms with Crippen LogP contribution in [0.3, 0.4) is 0 Å². The first kappa shape index (κ1) is 23.8. The number of piperidine rings is 1. The third-order valence-corrected chi connectivity index (χ3v) is 7.28. The van der Waals surface area contributed by atoms with Crippen molar-refractivity contribution in [3.63, 3.8) is 0 Å². The van der Waals surface area contributed by atoms with Gasteiger partial charge in [0.25, 0.3) is 11.5 Å². The summed E-state index contributed by atoms with van der Waals surface area (Å²) < 4.78 is 11.6. The Labute approximate surface area is 209 Å². The first-order chi connectivity index (χ1) is 17.3. The number of carbonyl (C=O) groups excluding carboxylic acids is 2. The average molecular weight is 488 g/mol. The molecule has 1 spiro atoms. The summed E-state index contributed by atoms with van der Waals surface area (Å²) in [7, 11) is 1.60. The van der Waals surface area contributed by atoms with Crippen LogP contribution in [0.25, 0.3) is 0 Å². The van der Waals surface area contributed by atoms with Crippen LogP contribution in [-0.4, -0.2) is 52.4 Å². The molecule has 3 heterocycles. The number of nitrogens with one attached hydrogen (secondary N) is 1. The first-order valence-corrected chi connectivity index (χ1v) is 12.1. The Kier molecular flexibility index (Phi) is 6.12. The minimum atomic E-state index is -0.611. The van der Waals surface area contributed by atoms with E-state index in [2.05, 4.69) is 9.97 Å². The summed E-state index contributed by atoms with van der Waals surface area (Å²) in [5.41, 5.74) is 2.78. The molecule has 1 amide bonds. The summed E-state index contributed by atoms with van der Waals surface area (Å²) >= 11 is 0. The number of amides is 1. The number of likely N-dealkylation sites (tertiary alicyclic amines) is 1. The number of hydrogen-bond donors (Lipinski definition) is 1. The summed E-state index contributed by atoms with van der Waals surface area (Å²) in [6.45, 7) is 4.83. The number of fused-ring (bicyclic) bond motifs is 1. The summed E-state index contributed by atoms with van der Waals surface area (Å²) in [6.07, 6.45) is 1.77. The van der Waals surface area contributed by atoms with Crippen LogP contribution in [0.4, 0.5) is 0 Å². The SMILES string of the molecule is COc1ccc(Cc2nc(C(=O)N3CCC4(CC3)CC(=O)c3ccc(C)c(C)c3O4)cc(=O)[nH]2)cc1. The van der Waals surface area contributed by atoms with Crippen molar-refractivity contribution in [2.24, 2.45) is 0 Å². The maximum absolute atomic E-state index is 13.3. The third kappa shape index (κ3) is 4.51. The molecule has 0 unspecified atom stereocenters. The van der Waals surface area contributed by atoms with E-state index < -0.39 is 5.60 Å². The molecule has 8 nitrogen and oxygen atoms in total. The molecule has 1 aromatic heterocycles. The molecule has 0 atom stereocenters. The highest BCUT2D eigenvalue weighted by molar-refractivity contribution is 6.01. The zero-order valence-corrected chi connectivity index (χ0v) is 20.7. The Bertz CT molecular complexity index is 1390. The van der Waals surface area contributed by atoms with Crippen LogP contribution in [0.5, 0.6) is 11.5 Å². The number of carbonyl (C=O) groups is 2. The predicted octanol–water partition coefficient (Wildman–Crippen LogP) is 3.63. The molecule has 5 rings (SSSR count). The van der Waals surface area contributed by atoms with Crippen LogP contribution >= 0.6 is 0 Å². The van der Waals surface area contributed by atoms with Gasteiger partial charge in [-0.3, -0.25) is 14.4 Å². The van der Waals surface area contributed by atoms with Gasteiger partial charge in [-0.1, -0.05) is 18.2 Å². The quantitative estimate of drug-likeness (QED) is 0.603. The van der Waals surface area contributed by atoms with E-state index in [0.717, 1.165) is 22.4 Å². The maximum atomic E-state index is 13.3. The molecule has 1 fully saturated rings. The smallest absolute Gasteiger partial charge is 0.272 e. The topological polar surface area (TPSA) is 102 Å². The van der Waals surface area contributed by atoms with Crippen molar-refractivity contribution in [2.45, 2.75) is 45.1 Å². The van der Waals surface area contributed by atoms with E-state index in [1.165, 1.54) is 6.07 Å². The van der Waals surface area contributed by atoms with Gasteiger partial charge in [0, 0.05) is 38.4 Å².